The third-order valence-corrected chi connectivity index (χ3v) is 3.74. The summed E-state index contributed by atoms with van der Waals surface area (Å²) in [7, 11) is 0. The van der Waals surface area contributed by atoms with Crippen molar-refractivity contribution < 1.29 is 18.0 Å². The van der Waals surface area contributed by atoms with E-state index in [4.69, 9.17) is 11.6 Å². The van der Waals surface area contributed by atoms with Crippen LogP contribution in [0.15, 0.2) is 36.7 Å². The topological polar surface area (TPSA) is 77.6 Å². The molecular weight excluding hydrogens is 385 g/mol. The van der Waals surface area contributed by atoms with Crippen molar-refractivity contribution in [3.63, 3.8) is 0 Å². The van der Waals surface area contributed by atoms with Gasteiger partial charge in [0, 0.05) is 5.02 Å². The van der Waals surface area contributed by atoms with E-state index in [-0.39, 0.29) is 11.6 Å². The highest BCUT2D eigenvalue weighted by Crippen LogP contribution is 2.29. The predicted molar refractivity (Wildman–Crippen MR) is 91.2 cm³/mol. The monoisotopic (exact) mass is 398 g/mol. The molecule has 1 aromatic carbocycles. The van der Waals surface area contributed by atoms with Gasteiger partial charge in [-0.2, -0.15) is 18.3 Å². The summed E-state index contributed by atoms with van der Waals surface area (Å²) in [6, 6.07) is 8.03. The Balaban J connectivity index is 1.65. The Kier molecular flexibility index (Phi) is 5.17. The number of aryl methyl sites for hydroxylation is 1. The minimum Gasteiger partial charge on any atom is -0.292 e. The third-order valence-electron chi connectivity index (χ3n) is 3.51. The first-order chi connectivity index (χ1) is 12.7. The number of hydrogen-bond acceptors (Lipinski definition) is 4. The fourth-order valence-corrected chi connectivity index (χ4v) is 2.66. The van der Waals surface area contributed by atoms with Crippen LogP contribution in [-0.4, -0.2) is 30.5 Å². The molecule has 11 heteroatoms. The Morgan fingerprint density at radius 2 is 2.04 bits per heavy atom. The average Bonchev–Trinajstić information content (AvgIpc) is 3.13. The lowest BCUT2D eigenvalue weighted by atomic mass is 10.2. The zero-order valence-corrected chi connectivity index (χ0v) is 14.8. The molecule has 0 saturated carbocycles. The summed E-state index contributed by atoms with van der Waals surface area (Å²) in [6.45, 7) is 1.19. The lowest BCUT2D eigenvalue weighted by Gasteiger charge is -2.09. The van der Waals surface area contributed by atoms with Crippen LogP contribution < -0.4 is 5.32 Å². The molecule has 2 aromatic heterocycles. The molecule has 0 unspecified atom stereocenters. The van der Waals surface area contributed by atoms with Gasteiger partial charge in [0.1, 0.15) is 18.6 Å². The Morgan fingerprint density at radius 1 is 1.26 bits per heavy atom. The lowest BCUT2D eigenvalue weighted by molar-refractivity contribution is -0.144. The molecule has 0 saturated heterocycles. The standard InChI is InChI=1S/C16H14ClF3N6O/c1-10-5-13(16(18,19)20)26(23-10)8-14(27)22-15-21-9-25(24-15)7-11-3-2-4-12(17)6-11/h2-6,9H,7-8H2,1H3,(H,22,24,27). The van der Waals surface area contributed by atoms with Crippen LogP contribution in [-0.2, 0) is 24.1 Å². The van der Waals surface area contributed by atoms with E-state index in [1.807, 2.05) is 6.07 Å². The number of hydrogen-bond donors (Lipinski definition) is 1. The molecule has 0 aliphatic heterocycles. The summed E-state index contributed by atoms with van der Waals surface area (Å²) in [5.41, 5.74) is 0.0563. The highest BCUT2D eigenvalue weighted by atomic mass is 35.5. The number of carbonyl (C=O) groups excluding carboxylic acids is 1. The van der Waals surface area contributed by atoms with E-state index in [9.17, 15) is 18.0 Å². The fraction of sp³-hybridized carbons (Fsp3) is 0.250. The van der Waals surface area contributed by atoms with Gasteiger partial charge < -0.3 is 0 Å². The number of carbonyl (C=O) groups is 1. The third kappa shape index (κ3) is 4.85. The van der Waals surface area contributed by atoms with E-state index in [1.165, 1.54) is 17.9 Å². The number of rotatable bonds is 5. The van der Waals surface area contributed by atoms with Crippen LogP contribution in [0.25, 0.3) is 0 Å². The van der Waals surface area contributed by atoms with Crippen molar-refractivity contribution in [1.29, 1.82) is 0 Å². The van der Waals surface area contributed by atoms with E-state index in [0.717, 1.165) is 11.6 Å². The first kappa shape index (κ1) is 18.9. The van der Waals surface area contributed by atoms with Crippen molar-refractivity contribution in [1.82, 2.24) is 24.5 Å². The van der Waals surface area contributed by atoms with Gasteiger partial charge in [-0.1, -0.05) is 23.7 Å². The molecule has 0 aliphatic carbocycles. The molecule has 0 spiro atoms. The van der Waals surface area contributed by atoms with Crippen LogP contribution >= 0.6 is 11.6 Å². The smallest absolute Gasteiger partial charge is 0.292 e. The van der Waals surface area contributed by atoms with Gasteiger partial charge in [-0.05, 0) is 30.7 Å². The molecule has 3 aromatic rings. The Hall–Kier alpha value is -2.88. The minimum absolute atomic E-state index is 0.0144. The predicted octanol–water partition coefficient (Wildman–Crippen LogP) is 3.14. The van der Waals surface area contributed by atoms with Crippen LogP contribution in [0.3, 0.4) is 0 Å². The lowest BCUT2D eigenvalue weighted by Crippen LogP contribution is -2.24. The van der Waals surface area contributed by atoms with Gasteiger partial charge >= 0.3 is 6.18 Å². The molecule has 0 radical (unpaired) electrons. The number of alkyl halides is 3. The van der Waals surface area contributed by atoms with Gasteiger partial charge in [-0.25, -0.2) is 9.67 Å². The van der Waals surface area contributed by atoms with E-state index >= 15 is 0 Å². The summed E-state index contributed by atoms with van der Waals surface area (Å²) >= 11 is 5.92. The van der Waals surface area contributed by atoms with Crippen LogP contribution in [0.5, 0.6) is 0 Å². The molecular formula is C16H14ClF3N6O. The number of nitrogens with zero attached hydrogens (tertiary/aromatic N) is 5. The van der Waals surface area contributed by atoms with Gasteiger partial charge in [0.05, 0.1) is 12.2 Å². The maximum Gasteiger partial charge on any atom is 0.433 e. The maximum absolute atomic E-state index is 12.9. The van der Waals surface area contributed by atoms with Gasteiger partial charge in [-0.15, -0.1) is 5.10 Å². The average molecular weight is 399 g/mol. The summed E-state index contributed by atoms with van der Waals surface area (Å²) in [5, 5.41) is 10.7. The summed E-state index contributed by atoms with van der Waals surface area (Å²) in [4.78, 5) is 16.0. The largest absolute Gasteiger partial charge is 0.433 e. The van der Waals surface area contributed by atoms with Crippen molar-refractivity contribution in [2.75, 3.05) is 5.32 Å². The second kappa shape index (κ2) is 7.39. The molecule has 142 valence electrons. The molecule has 1 amide bonds. The molecule has 27 heavy (non-hydrogen) atoms. The zero-order chi connectivity index (χ0) is 19.6. The van der Waals surface area contributed by atoms with Crippen molar-refractivity contribution >= 4 is 23.5 Å². The first-order valence-corrected chi connectivity index (χ1v) is 8.14. The van der Waals surface area contributed by atoms with Crippen molar-refractivity contribution in [3.05, 3.63) is 58.6 Å². The second-order valence-corrected chi connectivity index (χ2v) is 6.21. The van der Waals surface area contributed by atoms with Crippen molar-refractivity contribution in [3.8, 4) is 0 Å². The van der Waals surface area contributed by atoms with E-state index in [1.54, 1.807) is 18.2 Å². The number of aromatic nitrogens is 5. The summed E-state index contributed by atoms with van der Waals surface area (Å²) < 4.78 is 40.9. The SMILES string of the molecule is Cc1cc(C(F)(F)F)n(CC(=O)Nc2ncn(Cc3cccc(Cl)c3)n2)n1. The molecule has 0 aliphatic rings. The quantitative estimate of drug-likeness (QED) is 0.716. The molecule has 0 fully saturated rings. The molecule has 3 rings (SSSR count). The maximum atomic E-state index is 12.9. The van der Waals surface area contributed by atoms with Gasteiger partial charge in [-0.3, -0.25) is 14.8 Å². The summed E-state index contributed by atoms with van der Waals surface area (Å²) in [5.74, 6) is -0.733. The Morgan fingerprint density at radius 3 is 2.74 bits per heavy atom. The first-order valence-electron chi connectivity index (χ1n) is 7.76. The molecule has 7 nitrogen and oxygen atoms in total. The number of benzene rings is 1. The molecule has 0 atom stereocenters. The highest BCUT2D eigenvalue weighted by molar-refractivity contribution is 6.30. The van der Waals surface area contributed by atoms with Gasteiger partial charge in [0.2, 0.25) is 11.9 Å². The second-order valence-electron chi connectivity index (χ2n) is 5.77. The molecule has 1 N–H and O–H groups in total. The minimum atomic E-state index is -4.60. The zero-order valence-electron chi connectivity index (χ0n) is 14.0. The Bertz CT molecular complexity index is 965. The highest BCUT2D eigenvalue weighted by Gasteiger charge is 2.35. The van der Waals surface area contributed by atoms with Gasteiger partial charge in [0.25, 0.3) is 0 Å². The summed E-state index contributed by atoms with van der Waals surface area (Å²) in [6.07, 6.45) is -3.20. The number of nitrogens with one attached hydrogen (secondary N) is 1. The van der Waals surface area contributed by atoms with Crippen LogP contribution in [0.4, 0.5) is 19.1 Å². The van der Waals surface area contributed by atoms with Crippen molar-refractivity contribution in [2.24, 2.45) is 0 Å². The normalized spacial score (nSPS) is 11.6. The van der Waals surface area contributed by atoms with E-state index < -0.39 is 24.3 Å². The van der Waals surface area contributed by atoms with E-state index in [0.29, 0.717) is 16.2 Å². The Labute approximate surface area is 156 Å². The van der Waals surface area contributed by atoms with E-state index in [2.05, 4.69) is 20.5 Å². The molecule has 2 heterocycles. The van der Waals surface area contributed by atoms with Crippen LogP contribution in [0.2, 0.25) is 5.02 Å². The van der Waals surface area contributed by atoms with Gasteiger partial charge in [0.15, 0.2) is 0 Å². The van der Waals surface area contributed by atoms with Crippen molar-refractivity contribution in [2.45, 2.75) is 26.2 Å². The fourth-order valence-electron chi connectivity index (χ4n) is 2.44. The van der Waals surface area contributed by atoms with Crippen LogP contribution in [0, 0.1) is 6.92 Å². The number of anilines is 1. The van der Waals surface area contributed by atoms with Crippen LogP contribution in [0.1, 0.15) is 17.0 Å². The number of amides is 1. The number of halogens is 4. The molecule has 0 bridgehead atoms.